The Morgan fingerprint density at radius 1 is 1.06 bits per heavy atom. The highest BCUT2D eigenvalue weighted by Gasteiger charge is 2.18. The van der Waals surface area contributed by atoms with Gasteiger partial charge >= 0.3 is 0 Å². The molecule has 0 bridgehead atoms. The van der Waals surface area contributed by atoms with Crippen molar-refractivity contribution in [1.29, 1.82) is 0 Å². The van der Waals surface area contributed by atoms with Crippen molar-refractivity contribution in [1.82, 2.24) is 19.8 Å². The second-order valence-electron chi connectivity index (χ2n) is 8.04. The number of likely N-dealkylation sites (N-methyl/N-ethyl adjacent to an activating group) is 1. The highest BCUT2D eigenvalue weighted by Crippen LogP contribution is 2.20. The molecule has 3 aromatic carbocycles. The summed E-state index contributed by atoms with van der Waals surface area (Å²) >= 11 is 0. The number of amides is 1. The molecule has 0 aliphatic carbocycles. The van der Waals surface area contributed by atoms with Crippen molar-refractivity contribution in [2.75, 3.05) is 20.6 Å². The molecule has 4 rings (SSSR count). The maximum atomic E-state index is 13.7. The molecule has 6 nitrogen and oxygen atoms in total. The third-order valence-electron chi connectivity index (χ3n) is 5.50. The topological polar surface area (TPSA) is 59.4 Å². The predicted octanol–water partition coefficient (Wildman–Crippen LogP) is 4.17. The van der Waals surface area contributed by atoms with Crippen molar-refractivity contribution in [2.24, 2.45) is 0 Å². The lowest BCUT2D eigenvalue weighted by atomic mass is 10.1. The smallest absolute Gasteiger partial charge is 0.240 e. The van der Waals surface area contributed by atoms with Crippen LogP contribution in [0.3, 0.4) is 0 Å². The Morgan fingerprint density at radius 3 is 2.58 bits per heavy atom. The molecule has 1 N–H and O–H groups in total. The molecular weight excluding hydrogens is 419 g/mol. The number of benzene rings is 3. The minimum absolute atomic E-state index is 0.108. The van der Waals surface area contributed by atoms with E-state index in [1.807, 2.05) is 84.2 Å². The first-order valence-corrected chi connectivity index (χ1v) is 10.8. The lowest BCUT2D eigenvalue weighted by Gasteiger charge is -2.25. The van der Waals surface area contributed by atoms with Gasteiger partial charge < -0.3 is 19.5 Å². The van der Waals surface area contributed by atoms with Gasteiger partial charge in [-0.2, -0.15) is 0 Å². The summed E-state index contributed by atoms with van der Waals surface area (Å²) < 4.78 is 21.5. The van der Waals surface area contributed by atoms with E-state index in [2.05, 4.69) is 10.3 Å². The second kappa shape index (κ2) is 10.3. The fraction of sp³-hybridized carbons (Fsp3) is 0.231. The maximum absolute atomic E-state index is 13.7. The molecule has 0 aliphatic rings. The van der Waals surface area contributed by atoms with Crippen LogP contribution >= 0.6 is 0 Å². The lowest BCUT2D eigenvalue weighted by molar-refractivity contribution is -0.121. The fourth-order valence-corrected chi connectivity index (χ4v) is 3.80. The first-order valence-electron chi connectivity index (χ1n) is 10.8. The van der Waals surface area contributed by atoms with Crippen LogP contribution in [-0.2, 0) is 17.9 Å². The van der Waals surface area contributed by atoms with Crippen LogP contribution in [0.25, 0.3) is 11.0 Å². The average Bonchev–Trinajstić information content (AvgIpc) is 3.15. The van der Waals surface area contributed by atoms with Crippen molar-refractivity contribution in [3.05, 3.63) is 96.1 Å². The van der Waals surface area contributed by atoms with Crippen LogP contribution in [0.1, 0.15) is 17.4 Å². The van der Waals surface area contributed by atoms with Crippen molar-refractivity contribution in [2.45, 2.75) is 19.2 Å². The Hall–Kier alpha value is -3.71. The molecule has 0 radical (unpaired) electrons. The van der Waals surface area contributed by atoms with Crippen LogP contribution in [-0.4, -0.2) is 41.0 Å². The van der Waals surface area contributed by atoms with E-state index in [9.17, 15) is 9.18 Å². The van der Waals surface area contributed by atoms with Gasteiger partial charge in [-0.1, -0.05) is 42.5 Å². The number of ether oxygens (including phenoxy) is 1. The number of halogens is 1. The zero-order valence-corrected chi connectivity index (χ0v) is 18.7. The molecule has 170 valence electrons. The average molecular weight is 447 g/mol. The molecule has 1 unspecified atom stereocenters. The van der Waals surface area contributed by atoms with Crippen molar-refractivity contribution < 1.29 is 13.9 Å². The number of rotatable bonds is 9. The molecule has 1 atom stereocenters. The number of hydrogen-bond acceptors (Lipinski definition) is 4. The molecule has 0 saturated heterocycles. The Morgan fingerprint density at radius 2 is 1.82 bits per heavy atom. The van der Waals surface area contributed by atoms with Gasteiger partial charge in [-0.05, 0) is 56.1 Å². The SMILES string of the molecule is CN(C)C(CNC(=O)Cn1c(COc2ccccc2)nc2ccccc21)c1cccc(F)c1. The van der Waals surface area contributed by atoms with E-state index in [1.165, 1.54) is 12.1 Å². The molecule has 0 saturated carbocycles. The lowest BCUT2D eigenvalue weighted by Crippen LogP contribution is -2.36. The first-order chi connectivity index (χ1) is 16.0. The monoisotopic (exact) mass is 446 g/mol. The van der Waals surface area contributed by atoms with Crippen LogP contribution in [0.2, 0.25) is 0 Å². The Balaban J connectivity index is 1.48. The number of aromatic nitrogens is 2. The summed E-state index contributed by atoms with van der Waals surface area (Å²) in [7, 11) is 3.81. The molecule has 0 fully saturated rings. The quantitative estimate of drug-likeness (QED) is 0.419. The molecule has 0 spiro atoms. The van der Waals surface area contributed by atoms with Crippen molar-refractivity contribution in [3.63, 3.8) is 0 Å². The van der Waals surface area contributed by atoms with E-state index < -0.39 is 0 Å². The fourth-order valence-electron chi connectivity index (χ4n) is 3.80. The number of carbonyl (C=O) groups excluding carboxylic acids is 1. The van der Waals surface area contributed by atoms with E-state index in [0.29, 0.717) is 12.4 Å². The van der Waals surface area contributed by atoms with E-state index in [4.69, 9.17) is 4.74 Å². The van der Waals surface area contributed by atoms with Crippen LogP contribution in [0, 0.1) is 5.82 Å². The number of hydrogen-bond donors (Lipinski definition) is 1. The molecule has 1 amide bonds. The predicted molar refractivity (Wildman–Crippen MR) is 126 cm³/mol. The standard InChI is InChI=1S/C26H27FN4O2/c1-30(2)24(19-9-8-10-20(27)15-19)16-28-26(32)17-31-23-14-7-6-13-22(23)29-25(31)18-33-21-11-4-3-5-12-21/h3-15,24H,16-18H2,1-2H3,(H,28,32). The van der Waals surface area contributed by atoms with Crippen LogP contribution in [0.15, 0.2) is 78.9 Å². The third kappa shape index (κ3) is 5.56. The molecule has 7 heteroatoms. The highest BCUT2D eigenvalue weighted by atomic mass is 19.1. The minimum atomic E-state index is -0.293. The van der Waals surface area contributed by atoms with Gasteiger partial charge in [-0.15, -0.1) is 0 Å². The molecule has 4 aromatic rings. The van der Waals surface area contributed by atoms with Crippen LogP contribution < -0.4 is 10.1 Å². The van der Waals surface area contributed by atoms with Gasteiger partial charge in [0.15, 0.2) is 0 Å². The number of carbonyl (C=O) groups is 1. The number of imidazole rings is 1. The van der Waals surface area contributed by atoms with Crippen molar-refractivity contribution in [3.8, 4) is 5.75 Å². The van der Waals surface area contributed by atoms with Crippen molar-refractivity contribution >= 4 is 16.9 Å². The van der Waals surface area contributed by atoms with Gasteiger partial charge in [-0.3, -0.25) is 4.79 Å². The van der Waals surface area contributed by atoms with Gasteiger partial charge in [-0.25, -0.2) is 9.37 Å². The summed E-state index contributed by atoms with van der Waals surface area (Å²) in [5, 5.41) is 2.99. The Kier molecular flexibility index (Phi) is 7.00. The largest absolute Gasteiger partial charge is 0.486 e. The van der Waals surface area contributed by atoms with E-state index in [-0.39, 0.29) is 30.9 Å². The summed E-state index contributed by atoms with van der Waals surface area (Å²) in [5.74, 6) is 0.968. The van der Waals surface area contributed by atoms with E-state index in [0.717, 1.165) is 22.3 Å². The van der Waals surface area contributed by atoms with E-state index >= 15 is 0 Å². The minimum Gasteiger partial charge on any atom is -0.486 e. The zero-order chi connectivity index (χ0) is 23.2. The van der Waals surface area contributed by atoms with E-state index in [1.54, 1.807) is 6.07 Å². The van der Waals surface area contributed by atoms with Gasteiger partial charge in [0.25, 0.3) is 0 Å². The summed E-state index contributed by atoms with van der Waals surface area (Å²) in [6.07, 6.45) is 0. The Labute approximate surface area is 192 Å². The van der Waals surface area contributed by atoms with Crippen LogP contribution in [0.4, 0.5) is 4.39 Å². The van der Waals surface area contributed by atoms with Gasteiger partial charge in [0.05, 0.1) is 17.1 Å². The summed E-state index contributed by atoms with van der Waals surface area (Å²) in [5.41, 5.74) is 2.49. The van der Waals surface area contributed by atoms with Gasteiger partial charge in [0.2, 0.25) is 5.91 Å². The number of para-hydroxylation sites is 3. The molecule has 1 aromatic heterocycles. The molecule has 1 heterocycles. The molecule has 33 heavy (non-hydrogen) atoms. The van der Waals surface area contributed by atoms with Crippen LogP contribution in [0.5, 0.6) is 5.75 Å². The second-order valence-corrected chi connectivity index (χ2v) is 8.04. The Bertz CT molecular complexity index is 1220. The third-order valence-corrected chi connectivity index (χ3v) is 5.50. The molecular formula is C26H27FN4O2. The van der Waals surface area contributed by atoms with Gasteiger partial charge in [0.1, 0.15) is 30.5 Å². The zero-order valence-electron chi connectivity index (χ0n) is 18.7. The normalized spacial score (nSPS) is 12.1. The number of fused-ring (bicyclic) bond motifs is 1. The maximum Gasteiger partial charge on any atom is 0.240 e. The summed E-state index contributed by atoms with van der Waals surface area (Å²) in [6.45, 7) is 0.713. The summed E-state index contributed by atoms with van der Waals surface area (Å²) in [4.78, 5) is 19.5. The van der Waals surface area contributed by atoms with Gasteiger partial charge in [0, 0.05) is 6.54 Å². The number of nitrogens with zero attached hydrogens (tertiary/aromatic N) is 3. The first kappa shape index (κ1) is 22.5. The molecule has 0 aliphatic heterocycles. The number of nitrogens with one attached hydrogen (secondary N) is 1. The summed E-state index contributed by atoms with van der Waals surface area (Å²) in [6, 6.07) is 23.5. The highest BCUT2D eigenvalue weighted by molar-refractivity contribution is 5.81.